The lowest BCUT2D eigenvalue weighted by molar-refractivity contribution is 0.270. The molecule has 13 heavy (non-hydrogen) atoms. The van der Waals surface area contributed by atoms with Gasteiger partial charge in [-0.1, -0.05) is 11.3 Å². The Labute approximate surface area is 73.6 Å². The predicted molar refractivity (Wildman–Crippen MR) is 44.6 cm³/mol. The molecule has 0 bridgehead atoms. The van der Waals surface area contributed by atoms with E-state index in [0.29, 0.717) is 11.0 Å². The van der Waals surface area contributed by atoms with Crippen molar-refractivity contribution in [3.05, 3.63) is 24.0 Å². The minimum absolute atomic E-state index is 0.0766. The van der Waals surface area contributed by atoms with Crippen LogP contribution in [-0.2, 0) is 6.54 Å². The van der Waals surface area contributed by atoms with Crippen molar-refractivity contribution in [3.63, 3.8) is 0 Å². The lowest BCUT2D eigenvalue weighted by Crippen LogP contribution is -2.04. The van der Waals surface area contributed by atoms with E-state index in [-0.39, 0.29) is 19.0 Å². The first kappa shape index (κ1) is 8.12. The van der Waals surface area contributed by atoms with Crippen LogP contribution in [0.1, 0.15) is 0 Å². The minimum Gasteiger partial charge on any atom is -0.394 e. The summed E-state index contributed by atoms with van der Waals surface area (Å²) >= 11 is 0. The topological polar surface area (TPSA) is 50.9 Å². The van der Waals surface area contributed by atoms with Gasteiger partial charge in [-0.25, -0.2) is 9.07 Å². The molecule has 1 aromatic heterocycles. The average molecular weight is 181 g/mol. The standard InChI is InChI=1S/C8H8FN3O/c9-6-2-1-3-7-8(6)12(4-5-13)11-10-7/h1-3,13H,4-5H2. The Bertz CT molecular complexity index is 426. The zero-order valence-electron chi connectivity index (χ0n) is 6.81. The number of nitrogens with zero attached hydrogens (tertiary/aromatic N) is 3. The molecular weight excluding hydrogens is 173 g/mol. The number of fused-ring (bicyclic) bond motifs is 1. The summed E-state index contributed by atoms with van der Waals surface area (Å²) in [7, 11) is 0. The van der Waals surface area contributed by atoms with Crippen molar-refractivity contribution in [1.29, 1.82) is 0 Å². The Hall–Kier alpha value is -1.49. The van der Waals surface area contributed by atoms with Crippen molar-refractivity contribution in [2.24, 2.45) is 0 Å². The number of hydrogen-bond donors (Lipinski definition) is 1. The predicted octanol–water partition coefficient (Wildman–Crippen LogP) is 0.563. The van der Waals surface area contributed by atoms with E-state index in [1.54, 1.807) is 12.1 Å². The van der Waals surface area contributed by atoms with Gasteiger partial charge in [0, 0.05) is 0 Å². The van der Waals surface area contributed by atoms with E-state index in [0.717, 1.165) is 0 Å². The number of halogens is 1. The van der Waals surface area contributed by atoms with Crippen LogP contribution >= 0.6 is 0 Å². The first-order chi connectivity index (χ1) is 6.33. The van der Waals surface area contributed by atoms with Crippen LogP contribution in [0.2, 0.25) is 0 Å². The van der Waals surface area contributed by atoms with E-state index in [1.807, 2.05) is 0 Å². The molecule has 0 radical (unpaired) electrons. The summed E-state index contributed by atoms with van der Waals surface area (Å²) in [5, 5.41) is 16.1. The van der Waals surface area contributed by atoms with Crippen molar-refractivity contribution in [2.45, 2.75) is 6.54 Å². The second kappa shape index (κ2) is 3.10. The summed E-state index contributed by atoms with van der Waals surface area (Å²) in [6.07, 6.45) is 0. The Kier molecular flexibility index (Phi) is 1.94. The van der Waals surface area contributed by atoms with Gasteiger partial charge in [-0.15, -0.1) is 5.10 Å². The molecule has 0 atom stereocenters. The molecule has 0 aliphatic rings. The van der Waals surface area contributed by atoms with E-state index in [1.165, 1.54) is 10.7 Å². The molecule has 68 valence electrons. The molecule has 0 amide bonds. The fraction of sp³-hybridized carbons (Fsp3) is 0.250. The molecule has 0 unspecified atom stereocenters. The number of hydrogen-bond acceptors (Lipinski definition) is 3. The van der Waals surface area contributed by atoms with Crippen LogP contribution in [-0.4, -0.2) is 26.7 Å². The van der Waals surface area contributed by atoms with Crippen molar-refractivity contribution in [2.75, 3.05) is 6.61 Å². The third-order valence-electron chi connectivity index (χ3n) is 1.80. The number of para-hydroxylation sites is 1. The van der Waals surface area contributed by atoms with E-state index in [2.05, 4.69) is 10.3 Å². The fourth-order valence-corrected chi connectivity index (χ4v) is 1.24. The molecule has 0 aliphatic heterocycles. The summed E-state index contributed by atoms with van der Waals surface area (Å²) in [6.45, 7) is 0.185. The first-order valence-corrected chi connectivity index (χ1v) is 3.91. The van der Waals surface area contributed by atoms with Crippen LogP contribution in [0.5, 0.6) is 0 Å². The maximum atomic E-state index is 13.2. The highest BCUT2D eigenvalue weighted by Gasteiger charge is 2.07. The average Bonchev–Trinajstić information content (AvgIpc) is 2.51. The van der Waals surface area contributed by atoms with Gasteiger partial charge in [-0.2, -0.15) is 0 Å². The van der Waals surface area contributed by atoms with E-state index >= 15 is 0 Å². The third-order valence-corrected chi connectivity index (χ3v) is 1.80. The van der Waals surface area contributed by atoms with Crippen LogP contribution in [0.4, 0.5) is 4.39 Å². The lowest BCUT2D eigenvalue weighted by Gasteiger charge is -1.98. The molecule has 2 aromatic rings. The zero-order chi connectivity index (χ0) is 9.26. The summed E-state index contributed by atoms with van der Waals surface area (Å²) in [5.41, 5.74) is 0.852. The van der Waals surface area contributed by atoms with Gasteiger partial charge < -0.3 is 5.11 Å². The maximum Gasteiger partial charge on any atom is 0.150 e. The highest BCUT2D eigenvalue weighted by molar-refractivity contribution is 5.74. The van der Waals surface area contributed by atoms with Crippen LogP contribution < -0.4 is 0 Å². The second-order valence-corrected chi connectivity index (χ2v) is 2.64. The quantitative estimate of drug-likeness (QED) is 0.736. The van der Waals surface area contributed by atoms with Crippen molar-refractivity contribution >= 4 is 11.0 Å². The van der Waals surface area contributed by atoms with Gasteiger partial charge in [0.05, 0.1) is 13.2 Å². The monoisotopic (exact) mass is 181 g/mol. The molecule has 1 heterocycles. The first-order valence-electron chi connectivity index (χ1n) is 3.91. The smallest absolute Gasteiger partial charge is 0.150 e. The van der Waals surface area contributed by atoms with Crippen LogP contribution in [0.3, 0.4) is 0 Å². The van der Waals surface area contributed by atoms with E-state index in [4.69, 9.17) is 5.11 Å². The summed E-state index contributed by atoms with van der Waals surface area (Å²) in [4.78, 5) is 0. The van der Waals surface area contributed by atoms with Gasteiger partial charge in [0.25, 0.3) is 0 Å². The molecule has 1 aromatic carbocycles. The number of aliphatic hydroxyl groups is 1. The summed E-state index contributed by atoms with van der Waals surface area (Å²) in [6, 6.07) is 4.61. The molecule has 2 rings (SSSR count). The van der Waals surface area contributed by atoms with Gasteiger partial charge in [0.2, 0.25) is 0 Å². The Morgan fingerprint density at radius 1 is 1.46 bits per heavy atom. The van der Waals surface area contributed by atoms with Crippen LogP contribution in [0.25, 0.3) is 11.0 Å². The molecule has 1 N–H and O–H groups in total. The SMILES string of the molecule is OCCn1nnc2cccc(F)c21. The molecule has 5 heteroatoms. The third kappa shape index (κ3) is 1.27. The Morgan fingerprint density at radius 2 is 2.31 bits per heavy atom. The van der Waals surface area contributed by atoms with E-state index < -0.39 is 0 Å². The fourth-order valence-electron chi connectivity index (χ4n) is 1.24. The van der Waals surface area contributed by atoms with Gasteiger partial charge in [0.15, 0.2) is 5.82 Å². The summed E-state index contributed by atoms with van der Waals surface area (Å²) < 4.78 is 14.6. The van der Waals surface area contributed by atoms with Crippen LogP contribution in [0.15, 0.2) is 18.2 Å². The minimum atomic E-state index is -0.365. The maximum absolute atomic E-state index is 13.2. The molecule has 0 fully saturated rings. The lowest BCUT2D eigenvalue weighted by atomic mass is 10.3. The van der Waals surface area contributed by atoms with Gasteiger partial charge in [-0.05, 0) is 12.1 Å². The van der Waals surface area contributed by atoms with Gasteiger partial charge in [-0.3, -0.25) is 0 Å². The molecule has 0 saturated heterocycles. The molecule has 0 spiro atoms. The van der Waals surface area contributed by atoms with Gasteiger partial charge >= 0.3 is 0 Å². The van der Waals surface area contributed by atoms with Crippen LogP contribution in [0, 0.1) is 5.82 Å². The molecule has 0 aliphatic carbocycles. The summed E-state index contributed by atoms with van der Waals surface area (Å²) in [5.74, 6) is -0.365. The molecule has 0 saturated carbocycles. The number of rotatable bonds is 2. The number of benzene rings is 1. The second-order valence-electron chi connectivity index (χ2n) is 2.64. The highest BCUT2D eigenvalue weighted by Crippen LogP contribution is 2.14. The Morgan fingerprint density at radius 3 is 3.08 bits per heavy atom. The van der Waals surface area contributed by atoms with E-state index in [9.17, 15) is 4.39 Å². The zero-order valence-corrected chi connectivity index (χ0v) is 6.81. The normalized spacial score (nSPS) is 10.9. The highest BCUT2D eigenvalue weighted by atomic mass is 19.1. The Balaban J connectivity index is 2.64. The number of aromatic nitrogens is 3. The number of aliphatic hydroxyl groups excluding tert-OH is 1. The molecular formula is C8H8FN3O. The van der Waals surface area contributed by atoms with Crippen molar-refractivity contribution < 1.29 is 9.50 Å². The molecule has 4 nitrogen and oxygen atoms in total. The largest absolute Gasteiger partial charge is 0.394 e. The van der Waals surface area contributed by atoms with Crippen molar-refractivity contribution in [3.8, 4) is 0 Å². The van der Waals surface area contributed by atoms with Crippen molar-refractivity contribution in [1.82, 2.24) is 15.0 Å². The van der Waals surface area contributed by atoms with Gasteiger partial charge in [0.1, 0.15) is 11.0 Å².